The molecule has 0 saturated heterocycles. The molecule has 13 heavy (non-hydrogen) atoms. The lowest BCUT2D eigenvalue weighted by Crippen LogP contribution is -2.29. The third kappa shape index (κ3) is 1.38. The van der Waals surface area contributed by atoms with Gasteiger partial charge in [-0.2, -0.15) is 0 Å². The Hall–Kier alpha value is -0.810. The minimum atomic E-state index is 0.316. The first kappa shape index (κ1) is 8.77. The van der Waals surface area contributed by atoms with Crippen molar-refractivity contribution in [2.75, 3.05) is 18.3 Å². The van der Waals surface area contributed by atoms with Crippen molar-refractivity contribution in [3.8, 4) is 0 Å². The lowest BCUT2D eigenvalue weighted by Gasteiger charge is -2.11. The van der Waals surface area contributed by atoms with Gasteiger partial charge in [-0.05, 0) is 13.2 Å². The van der Waals surface area contributed by atoms with Crippen LogP contribution < -0.4 is 10.4 Å². The maximum Gasteiger partial charge on any atom is 0.189 e. The van der Waals surface area contributed by atoms with Crippen LogP contribution in [0.1, 0.15) is 18.5 Å². The van der Waals surface area contributed by atoms with Gasteiger partial charge in [0.2, 0.25) is 0 Å². The summed E-state index contributed by atoms with van der Waals surface area (Å²) in [5.74, 6) is 0.992. The van der Waals surface area contributed by atoms with Crippen LogP contribution in [0.3, 0.4) is 0 Å². The number of aromatic nitrogens is 2. The number of nitrogens with zero attached hydrogens (tertiary/aromatic N) is 3. The van der Waals surface area contributed by atoms with Crippen LogP contribution in [0.25, 0.3) is 0 Å². The minimum absolute atomic E-state index is 0.316. The molecule has 1 aliphatic rings. The maximum atomic E-state index is 4.42. The van der Waals surface area contributed by atoms with Crippen LogP contribution in [0.4, 0.5) is 5.82 Å². The fraction of sp³-hybridized carbons (Fsp3) is 0.500. The normalized spacial score (nSPS) is 20.5. The van der Waals surface area contributed by atoms with Crippen LogP contribution in [0, 0.1) is 0 Å². The van der Waals surface area contributed by atoms with Gasteiger partial charge in [0.25, 0.3) is 0 Å². The van der Waals surface area contributed by atoms with Gasteiger partial charge in [-0.3, -0.25) is 5.01 Å². The topological polar surface area (TPSA) is 41.1 Å². The van der Waals surface area contributed by atoms with Crippen LogP contribution in [0.2, 0.25) is 0 Å². The van der Waals surface area contributed by atoms with Gasteiger partial charge in [0.1, 0.15) is 0 Å². The molecule has 1 aromatic rings. The van der Waals surface area contributed by atoms with Gasteiger partial charge in [0.15, 0.2) is 11.0 Å². The van der Waals surface area contributed by atoms with E-state index in [1.807, 2.05) is 24.5 Å². The molecule has 0 spiro atoms. The van der Waals surface area contributed by atoms with Crippen LogP contribution in [-0.4, -0.2) is 23.3 Å². The first-order chi connectivity index (χ1) is 6.22. The van der Waals surface area contributed by atoms with E-state index in [0.29, 0.717) is 6.04 Å². The number of hydrogen-bond acceptors (Lipinski definition) is 5. The van der Waals surface area contributed by atoms with Crippen molar-refractivity contribution in [3.63, 3.8) is 0 Å². The van der Waals surface area contributed by atoms with Gasteiger partial charge >= 0.3 is 0 Å². The Labute approximate surface area is 81.7 Å². The summed E-state index contributed by atoms with van der Waals surface area (Å²) in [6, 6.07) is 0.316. The van der Waals surface area contributed by atoms with E-state index in [2.05, 4.69) is 22.3 Å². The fourth-order valence-corrected chi connectivity index (χ4v) is 1.80. The Morgan fingerprint density at radius 3 is 3.08 bits per heavy atom. The molecule has 0 saturated carbocycles. The summed E-state index contributed by atoms with van der Waals surface area (Å²) in [6.07, 6.45) is 3.88. The van der Waals surface area contributed by atoms with Crippen molar-refractivity contribution in [1.82, 2.24) is 15.4 Å². The Balaban J connectivity index is 2.46. The van der Waals surface area contributed by atoms with Crippen molar-refractivity contribution in [1.29, 1.82) is 0 Å². The molecule has 0 aliphatic carbocycles. The molecule has 70 valence electrons. The number of anilines is 1. The summed E-state index contributed by atoms with van der Waals surface area (Å²) in [6.45, 7) is 2.10. The average Bonchev–Trinajstić information content (AvgIpc) is 2.42. The van der Waals surface area contributed by atoms with E-state index in [9.17, 15) is 0 Å². The molecule has 1 aliphatic heterocycles. The molecular weight excluding hydrogens is 184 g/mol. The standard InChI is InChI=1S/C8H12N4S/c1-5-6-4-9-8(13-3)10-7(6)12(2)11-5/h4-5,11H,1-3H3. The second-order valence-corrected chi connectivity index (χ2v) is 3.82. The average molecular weight is 196 g/mol. The number of nitrogens with one attached hydrogen (secondary N) is 1. The van der Waals surface area contributed by atoms with Crippen molar-refractivity contribution < 1.29 is 0 Å². The van der Waals surface area contributed by atoms with E-state index in [4.69, 9.17) is 0 Å². The summed E-state index contributed by atoms with van der Waals surface area (Å²) in [5, 5.41) is 2.77. The summed E-state index contributed by atoms with van der Waals surface area (Å²) >= 11 is 1.56. The molecule has 0 radical (unpaired) electrons. The van der Waals surface area contributed by atoms with E-state index in [1.165, 1.54) is 5.56 Å². The van der Waals surface area contributed by atoms with E-state index in [-0.39, 0.29) is 0 Å². The zero-order valence-corrected chi connectivity index (χ0v) is 8.72. The van der Waals surface area contributed by atoms with Crippen LogP contribution in [-0.2, 0) is 0 Å². The summed E-state index contributed by atoms with van der Waals surface area (Å²) in [4.78, 5) is 8.66. The Bertz CT molecular complexity index is 328. The number of hydrazine groups is 1. The summed E-state index contributed by atoms with van der Waals surface area (Å²) in [5.41, 5.74) is 4.42. The van der Waals surface area contributed by atoms with E-state index in [0.717, 1.165) is 11.0 Å². The molecule has 5 heteroatoms. The Kier molecular flexibility index (Phi) is 2.13. The molecule has 0 aromatic carbocycles. The molecule has 0 bridgehead atoms. The summed E-state index contributed by atoms with van der Waals surface area (Å²) in [7, 11) is 1.97. The predicted molar refractivity (Wildman–Crippen MR) is 53.8 cm³/mol. The lowest BCUT2D eigenvalue weighted by molar-refractivity contribution is 0.615. The second kappa shape index (κ2) is 3.16. The molecular formula is C8H12N4S. The fourth-order valence-electron chi connectivity index (χ4n) is 1.46. The number of thioether (sulfide) groups is 1. The molecule has 1 N–H and O–H groups in total. The zero-order chi connectivity index (χ0) is 9.42. The Morgan fingerprint density at radius 1 is 1.62 bits per heavy atom. The molecule has 2 rings (SSSR count). The van der Waals surface area contributed by atoms with Crippen molar-refractivity contribution >= 4 is 17.6 Å². The van der Waals surface area contributed by atoms with E-state index in [1.54, 1.807) is 11.8 Å². The van der Waals surface area contributed by atoms with Crippen molar-refractivity contribution in [2.24, 2.45) is 0 Å². The predicted octanol–water partition coefficient (Wildman–Crippen LogP) is 1.21. The van der Waals surface area contributed by atoms with E-state index < -0.39 is 0 Å². The highest BCUT2D eigenvalue weighted by atomic mass is 32.2. The first-order valence-corrected chi connectivity index (χ1v) is 5.35. The molecule has 0 amide bonds. The highest BCUT2D eigenvalue weighted by Crippen LogP contribution is 2.29. The molecule has 0 fully saturated rings. The van der Waals surface area contributed by atoms with Gasteiger partial charge in [-0.1, -0.05) is 11.8 Å². The number of rotatable bonds is 1. The molecule has 2 heterocycles. The number of hydrogen-bond donors (Lipinski definition) is 1. The van der Waals surface area contributed by atoms with E-state index >= 15 is 0 Å². The zero-order valence-electron chi connectivity index (χ0n) is 7.90. The first-order valence-electron chi connectivity index (χ1n) is 4.13. The summed E-state index contributed by atoms with van der Waals surface area (Å²) < 4.78 is 0. The van der Waals surface area contributed by atoms with Gasteiger partial charge < -0.3 is 0 Å². The third-order valence-corrected chi connectivity index (χ3v) is 2.69. The van der Waals surface area contributed by atoms with Crippen LogP contribution in [0.5, 0.6) is 0 Å². The molecule has 1 atom stereocenters. The van der Waals surface area contributed by atoms with Crippen molar-refractivity contribution in [2.45, 2.75) is 18.1 Å². The van der Waals surface area contributed by atoms with Gasteiger partial charge in [-0.15, -0.1) is 0 Å². The largest absolute Gasteiger partial charge is 0.294 e. The van der Waals surface area contributed by atoms with Crippen LogP contribution >= 0.6 is 11.8 Å². The number of fused-ring (bicyclic) bond motifs is 1. The van der Waals surface area contributed by atoms with Gasteiger partial charge in [-0.25, -0.2) is 15.4 Å². The molecule has 4 nitrogen and oxygen atoms in total. The van der Waals surface area contributed by atoms with Crippen LogP contribution in [0.15, 0.2) is 11.4 Å². The SMILES string of the molecule is CSc1ncc2c(n1)N(C)NC2C. The van der Waals surface area contributed by atoms with Gasteiger partial charge in [0.05, 0.1) is 6.04 Å². The second-order valence-electron chi connectivity index (χ2n) is 3.05. The van der Waals surface area contributed by atoms with Crippen molar-refractivity contribution in [3.05, 3.63) is 11.8 Å². The molecule has 1 unspecified atom stereocenters. The molecule has 1 aromatic heterocycles. The third-order valence-electron chi connectivity index (χ3n) is 2.13. The highest BCUT2D eigenvalue weighted by Gasteiger charge is 2.24. The highest BCUT2D eigenvalue weighted by molar-refractivity contribution is 7.98. The monoisotopic (exact) mass is 196 g/mol. The quantitative estimate of drug-likeness (QED) is 0.540. The lowest BCUT2D eigenvalue weighted by atomic mass is 10.2. The Morgan fingerprint density at radius 2 is 2.38 bits per heavy atom. The minimum Gasteiger partial charge on any atom is -0.294 e. The maximum absolute atomic E-state index is 4.42. The smallest absolute Gasteiger partial charge is 0.189 e. The van der Waals surface area contributed by atoms with Gasteiger partial charge in [0, 0.05) is 18.8 Å².